The van der Waals surface area contributed by atoms with Gasteiger partial charge in [0.25, 0.3) is 0 Å². The van der Waals surface area contributed by atoms with Crippen molar-refractivity contribution in [3.63, 3.8) is 0 Å². The maximum absolute atomic E-state index is 14.0. The number of piperazine rings is 1. The van der Waals surface area contributed by atoms with E-state index in [1.165, 1.54) is 12.4 Å². The minimum absolute atomic E-state index is 0.0669. The van der Waals surface area contributed by atoms with Gasteiger partial charge in [0.1, 0.15) is 17.7 Å². The molecular weight excluding hydrogens is 356 g/mol. The second-order valence-electron chi connectivity index (χ2n) is 6.73. The van der Waals surface area contributed by atoms with Crippen LogP contribution < -0.4 is 4.90 Å². The Morgan fingerprint density at radius 2 is 1.48 bits per heavy atom. The lowest BCUT2D eigenvalue weighted by Crippen LogP contribution is -2.53. The monoisotopic (exact) mass is 375 g/mol. The predicted octanol–water partition coefficient (Wildman–Crippen LogP) is 1.18. The largest absolute Gasteiger partial charge is 0.352 e. The third kappa shape index (κ3) is 3.17. The Labute approximate surface area is 154 Å². The van der Waals surface area contributed by atoms with E-state index in [1.54, 1.807) is 9.80 Å². The Morgan fingerprint density at radius 3 is 2.15 bits per heavy atom. The number of anilines is 1. The summed E-state index contributed by atoms with van der Waals surface area (Å²) in [6.45, 7) is 2.91. The molecule has 0 unspecified atom stereocenters. The van der Waals surface area contributed by atoms with E-state index in [0.29, 0.717) is 50.5 Å². The first-order chi connectivity index (χ1) is 13.1. The zero-order valence-electron chi connectivity index (χ0n) is 14.7. The Balaban J connectivity index is 1.48. The number of hydrogen-bond acceptors (Lipinski definition) is 5. The van der Waals surface area contributed by atoms with E-state index in [9.17, 15) is 18.4 Å². The van der Waals surface area contributed by atoms with Gasteiger partial charge >= 0.3 is 11.8 Å². The van der Waals surface area contributed by atoms with Crippen LogP contribution in [-0.4, -0.2) is 70.9 Å². The van der Waals surface area contributed by atoms with Crippen LogP contribution in [0.5, 0.6) is 0 Å². The molecule has 0 bridgehead atoms. The Kier molecular flexibility index (Phi) is 4.59. The summed E-state index contributed by atoms with van der Waals surface area (Å²) >= 11 is 0. The lowest BCUT2D eigenvalue weighted by molar-refractivity contribution is -0.151. The standard InChI is InChI=1S/C18H19F2N5O2/c19-13-4-3-12-15(14(13)20)21-11-22-16(12)23-7-9-25(10-8-23)18(27)17(26)24-5-1-2-6-24/h3-4,11H,1-2,5-10H2. The molecule has 0 atom stereocenters. The molecule has 0 radical (unpaired) electrons. The fourth-order valence-corrected chi connectivity index (χ4v) is 3.62. The van der Waals surface area contributed by atoms with Gasteiger partial charge in [0.2, 0.25) is 0 Å². The molecule has 0 spiro atoms. The topological polar surface area (TPSA) is 69.6 Å². The zero-order valence-corrected chi connectivity index (χ0v) is 14.7. The van der Waals surface area contributed by atoms with Crippen molar-refractivity contribution in [2.75, 3.05) is 44.2 Å². The molecule has 142 valence electrons. The highest BCUT2D eigenvalue weighted by Crippen LogP contribution is 2.26. The number of amides is 2. The highest BCUT2D eigenvalue weighted by atomic mass is 19.2. The highest BCUT2D eigenvalue weighted by molar-refractivity contribution is 6.35. The molecule has 3 heterocycles. The summed E-state index contributed by atoms with van der Waals surface area (Å²) in [5.41, 5.74) is -0.0669. The number of rotatable bonds is 1. The van der Waals surface area contributed by atoms with Crippen LogP contribution >= 0.6 is 0 Å². The number of halogens is 2. The number of hydrogen-bond donors (Lipinski definition) is 0. The van der Waals surface area contributed by atoms with Gasteiger partial charge in [-0.3, -0.25) is 9.59 Å². The van der Waals surface area contributed by atoms with Crippen molar-refractivity contribution < 1.29 is 18.4 Å². The molecule has 0 N–H and O–H groups in total. The van der Waals surface area contributed by atoms with Crippen molar-refractivity contribution in [2.45, 2.75) is 12.8 Å². The van der Waals surface area contributed by atoms with Crippen LogP contribution in [-0.2, 0) is 9.59 Å². The van der Waals surface area contributed by atoms with Crippen molar-refractivity contribution in [1.29, 1.82) is 0 Å². The number of likely N-dealkylation sites (tertiary alicyclic amines) is 1. The van der Waals surface area contributed by atoms with E-state index in [1.807, 2.05) is 4.90 Å². The minimum atomic E-state index is -0.999. The molecule has 0 saturated carbocycles. The number of carbonyl (C=O) groups is 2. The fourth-order valence-electron chi connectivity index (χ4n) is 3.62. The lowest BCUT2D eigenvalue weighted by Gasteiger charge is -2.35. The molecule has 2 aromatic rings. The van der Waals surface area contributed by atoms with E-state index in [0.717, 1.165) is 18.9 Å². The molecule has 9 heteroatoms. The van der Waals surface area contributed by atoms with Crippen molar-refractivity contribution >= 4 is 28.5 Å². The maximum Gasteiger partial charge on any atom is 0.312 e. The molecule has 1 aromatic heterocycles. The quantitative estimate of drug-likeness (QED) is 0.700. The Bertz CT molecular complexity index is 893. The first-order valence-electron chi connectivity index (χ1n) is 8.98. The summed E-state index contributed by atoms with van der Waals surface area (Å²) in [5, 5.41) is 0.421. The van der Waals surface area contributed by atoms with Crippen LogP contribution in [0.15, 0.2) is 18.5 Å². The van der Waals surface area contributed by atoms with E-state index in [4.69, 9.17) is 0 Å². The van der Waals surface area contributed by atoms with Crippen LogP contribution in [0.3, 0.4) is 0 Å². The first kappa shape index (κ1) is 17.6. The molecular formula is C18H19F2N5O2. The molecule has 27 heavy (non-hydrogen) atoms. The van der Waals surface area contributed by atoms with E-state index in [-0.39, 0.29) is 5.52 Å². The van der Waals surface area contributed by atoms with Gasteiger partial charge in [0.15, 0.2) is 11.6 Å². The van der Waals surface area contributed by atoms with Gasteiger partial charge in [-0.2, -0.15) is 0 Å². The third-order valence-electron chi connectivity index (χ3n) is 5.12. The van der Waals surface area contributed by atoms with Gasteiger partial charge in [-0.25, -0.2) is 18.7 Å². The molecule has 1 aromatic carbocycles. The average molecular weight is 375 g/mol. The van der Waals surface area contributed by atoms with Gasteiger partial charge in [-0.15, -0.1) is 0 Å². The van der Waals surface area contributed by atoms with Gasteiger partial charge in [0.05, 0.1) is 0 Å². The SMILES string of the molecule is O=C(C(=O)N1CCN(c2ncnc3c(F)c(F)ccc23)CC1)N1CCCC1. The molecule has 2 saturated heterocycles. The van der Waals surface area contributed by atoms with E-state index < -0.39 is 23.4 Å². The summed E-state index contributed by atoms with van der Waals surface area (Å²) in [5.74, 6) is -2.37. The van der Waals surface area contributed by atoms with Crippen molar-refractivity contribution in [2.24, 2.45) is 0 Å². The number of nitrogens with zero attached hydrogens (tertiary/aromatic N) is 5. The van der Waals surface area contributed by atoms with Crippen molar-refractivity contribution in [1.82, 2.24) is 19.8 Å². The second kappa shape index (κ2) is 7.05. The number of aromatic nitrogens is 2. The van der Waals surface area contributed by atoms with Crippen LogP contribution in [0.1, 0.15) is 12.8 Å². The van der Waals surface area contributed by atoms with Crippen LogP contribution in [0.25, 0.3) is 10.9 Å². The van der Waals surface area contributed by atoms with E-state index in [2.05, 4.69) is 9.97 Å². The summed E-state index contributed by atoms with van der Waals surface area (Å²) in [7, 11) is 0. The van der Waals surface area contributed by atoms with Crippen molar-refractivity contribution in [3.8, 4) is 0 Å². The van der Waals surface area contributed by atoms with Crippen molar-refractivity contribution in [3.05, 3.63) is 30.1 Å². The Hall–Kier alpha value is -2.84. The molecule has 0 aliphatic carbocycles. The normalized spacial score (nSPS) is 17.6. The van der Waals surface area contributed by atoms with Crippen LogP contribution in [0.2, 0.25) is 0 Å². The highest BCUT2D eigenvalue weighted by Gasteiger charge is 2.31. The third-order valence-corrected chi connectivity index (χ3v) is 5.12. The van der Waals surface area contributed by atoms with Gasteiger partial charge in [-0.1, -0.05) is 0 Å². The molecule has 2 amide bonds. The van der Waals surface area contributed by atoms with E-state index >= 15 is 0 Å². The summed E-state index contributed by atoms with van der Waals surface area (Å²) in [4.78, 5) is 37.8. The van der Waals surface area contributed by atoms with Gasteiger partial charge in [-0.05, 0) is 25.0 Å². The maximum atomic E-state index is 14.0. The number of benzene rings is 1. The van der Waals surface area contributed by atoms with Gasteiger partial charge < -0.3 is 14.7 Å². The molecule has 7 nitrogen and oxygen atoms in total. The Morgan fingerprint density at radius 1 is 0.852 bits per heavy atom. The van der Waals surface area contributed by atoms with Crippen LogP contribution in [0, 0.1) is 11.6 Å². The molecule has 2 fully saturated rings. The number of carbonyl (C=O) groups excluding carboxylic acids is 2. The fraction of sp³-hybridized carbons (Fsp3) is 0.444. The second-order valence-corrected chi connectivity index (χ2v) is 6.73. The zero-order chi connectivity index (χ0) is 19.0. The number of fused-ring (bicyclic) bond motifs is 1. The van der Waals surface area contributed by atoms with Gasteiger partial charge in [0, 0.05) is 44.7 Å². The minimum Gasteiger partial charge on any atom is -0.352 e. The molecule has 2 aliphatic heterocycles. The average Bonchev–Trinajstić information content (AvgIpc) is 3.24. The lowest BCUT2D eigenvalue weighted by atomic mass is 10.2. The summed E-state index contributed by atoms with van der Waals surface area (Å²) in [6.07, 6.45) is 3.07. The smallest absolute Gasteiger partial charge is 0.312 e. The summed E-state index contributed by atoms with van der Waals surface area (Å²) in [6, 6.07) is 2.51. The predicted molar refractivity (Wildman–Crippen MR) is 94.1 cm³/mol. The van der Waals surface area contributed by atoms with Crippen LogP contribution in [0.4, 0.5) is 14.6 Å². The molecule has 4 rings (SSSR count). The summed E-state index contributed by atoms with van der Waals surface area (Å²) < 4.78 is 27.4. The first-order valence-corrected chi connectivity index (χ1v) is 8.98. The molecule has 2 aliphatic rings.